The molecule has 0 aromatic heterocycles. The molecular weight excluding hydrogens is 248 g/mol. The lowest BCUT2D eigenvalue weighted by molar-refractivity contribution is 0.204. The maximum Gasteiger partial charge on any atom is 0.317 e. The first-order valence-corrected chi connectivity index (χ1v) is 8.33. The van der Waals surface area contributed by atoms with E-state index in [0.717, 1.165) is 24.6 Å². The average Bonchev–Trinajstić information content (AvgIpc) is 2.30. The first kappa shape index (κ1) is 13.6. The zero-order valence-electron chi connectivity index (χ0n) is 9.44. The normalized spacial score (nSPS) is 17.2. The highest BCUT2D eigenvalue weighted by Crippen LogP contribution is 2.08. The van der Waals surface area contributed by atoms with Gasteiger partial charge >= 0.3 is 6.03 Å². The van der Waals surface area contributed by atoms with Crippen molar-refractivity contribution >= 4 is 27.6 Å². The SMILES string of the molecule is CCS(=O)(=O)CCNC(=O)N1CCSCC1. The molecule has 0 aromatic carbocycles. The maximum atomic E-state index is 11.6. The number of sulfone groups is 1. The minimum atomic E-state index is -2.98. The van der Waals surface area contributed by atoms with Gasteiger partial charge in [0, 0.05) is 36.9 Å². The number of nitrogens with zero attached hydrogens (tertiary/aromatic N) is 1. The number of rotatable bonds is 4. The third-order valence-electron chi connectivity index (χ3n) is 2.43. The lowest BCUT2D eigenvalue weighted by Gasteiger charge is -2.26. The monoisotopic (exact) mass is 266 g/mol. The van der Waals surface area contributed by atoms with Gasteiger partial charge < -0.3 is 10.2 Å². The molecule has 0 spiro atoms. The van der Waals surface area contributed by atoms with Gasteiger partial charge in [-0.15, -0.1) is 0 Å². The summed E-state index contributed by atoms with van der Waals surface area (Å²) in [6, 6.07) is -0.147. The van der Waals surface area contributed by atoms with E-state index in [2.05, 4.69) is 5.32 Å². The van der Waals surface area contributed by atoms with E-state index >= 15 is 0 Å². The molecule has 1 rings (SSSR count). The van der Waals surface area contributed by atoms with Gasteiger partial charge in [0.25, 0.3) is 0 Å². The molecule has 1 aliphatic rings. The summed E-state index contributed by atoms with van der Waals surface area (Å²) in [5.74, 6) is 2.07. The van der Waals surface area contributed by atoms with Gasteiger partial charge in [-0.05, 0) is 0 Å². The largest absolute Gasteiger partial charge is 0.337 e. The average molecular weight is 266 g/mol. The number of carbonyl (C=O) groups is 1. The molecular formula is C9H18N2O3S2. The number of hydrogen-bond donors (Lipinski definition) is 1. The van der Waals surface area contributed by atoms with E-state index in [1.54, 1.807) is 11.8 Å². The van der Waals surface area contributed by atoms with Crippen LogP contribution >= 0.6 is 11.8 Å². The molecule has 0 aliphatic carbocycles. The third-order valence-corrected chi connectivity index (χ3v) is 5.08. The molecule has 1 saturated heterocycles. The zero-order valence-corrected chi connectivity index (χ0v) is 11.1. The molecule has 0 aromatic rings. The van der Waals surface area contributed by atoms with Gasteiger partial charge in [0.2, 0.25) is 0 Å². The van der Waals surface area contributed by atoms with Crippen molar-refractivity contribution in [2.45, 2.75) is 6.92 Å². The molecule has 94 valence electrons. The number of hydrogen-bond acceptors (Lipinski definition) is 4. The number of urea groups is 1. The Labute approximate surface area is 101 Å². The lowest BCUT2D eigenvalue weighted by Crippen LogP contribution is -2.45. The van der Waals surface area contributed by atoms with Crippen molar-refractivity contribution in [3.63, 3.8) is 0 Å². The summed E-state index contributed by atoms with van der Waals surface area (Å²) in [4.78, 5) is 13.3. The molecule has 16 heavy (non-hydrogen) atoms. The molecule has 0 radical (unpaired) electrons. The second kappa shape index (κ2) is 6.34. The van der Waals surface area contributed by atoms with Gasteiger partial charge in [-0.3, -0.25) is 0 Å². The molecule has 1 N–H and O–H groups in total. The Bertz CT molecular complexity index is 324. The van der Waals surface area contributed by atoms with Crippen LogP contribution in [0.15, 0.2) is 0 Å². The van der Waals surface area contributed by atoms with Crippen LogP contribution in [0.2, 0.25) is 0 Å². The summed E-state index contributed by atoms with van der Waals surface area (Å²) in [5, 5.41) is 2.64. The highest BCUT2D eigenvalue weighted by Gasteiger charge is 2.16. The van der Waals surface area contributed by atoms with Gasteiger partial charge in [0.05, 0.1) is 5.75 Å². The Kier molecular flexibility index (Phi) is 5.40. The first-order valence-electron chi connectivity index (χ1n) is 5.36. The smallest absolute Gasteiger partial charge is 0.317 e. The number of thioether (sulfide) groups is 1. The number of nitrogens with one attached hydrogen (secondary N) is 1. The quantitative estimate of drug-likeness (QED) is 0.788. The molecule has 1 aliphatic heterocycles. The summed E-state index contributed by atoms with van der Waals surface area (Å²) in [6.45, 7) is 3.31. The van der Waals surface area contributed by atoms with Crippen LogP contribution < -0.4 is 5.32 Å². The Morgan fingerprint density at radius 1 is 1.38 bits per heavy atom. The van der Waals surface area contributed by atoms with Crippen LogP contribution in [0, 0.1) is 0 Å². The van der Waals surface area contributed by atoms with Gasteiger partial charge in [-0.25, -0.2) is 13.2 Å². The van der Waals surface area contributed by atoms with Gasteiger partial charge in [-0.2, -0.15) is 11.8 Å². The van der Waals surface area contributed by atoms with Crippen LogP contribution in [-0.2, 0) is 9.84 Å². The first-order chi connectivity index (χ1) is 7.55. The molecule has 0 saturated carbocycles. The standard InChI is InChI=1S/C9H18N2O3S2/c1-2-16(13,14)8-3-10-9(12)11-4-6-15-7-5-11/h2-8H2,1H3,(H,10,12). The van der Waals surface area contributed by atoms with Crippen LogP contribution in [0.3, 0.4) is 0 Å². The van der Waals surface area contributed by atoms with Gasteiger partial charge in [-0.1, -0.05) is 6.92 Å². The summed E-state index contributed by atoms with van der Waals surface area (Å²) in [5.41, 5.74) is 0. The molecule has 1 heterocycles. The van der Waals surface area contributed by atoms with Gasteiger partial charge in [0.1, 0.15) is 0 Å². The molecule has 0 atom stereocenters. The van der Waals surface area contributed by atoms with E-state index in [1.807, 2.05) is 11.8 Å². The molecule has 2 amide bonds. The highest BCUT2D eigenvalue weighted by molar-refractivity contribution is 7.99. The van der Waals surface area contributed by atoms with Crippen molar-refractivity contribution in [3.05, 3.63) is 0 Å². The Morgan fingerprint density at radius 2 is 2.00 bits per heavy atom. The fraction of sp³-hybridized carbons (Fsp3) is 0.889. The predicted octanol–water partition coefficient (Wildman–Crippen LogP) is 0.179. The van der Waals surface area contributed by atoms with Crippen molar-refractivity contribution in [2.24, 2.45) is 0 Å². The number of amides is 2. The van der Waals surface area contributed by atoms with Crippen LogP contribution in [0.1, 0.15) is 6.92 Å². The minimum Gasteiger partial charge on any atom is -0.337 e. The van der Waals surface area contributed by atoms with Crippen molar-refractivity contribution in [1.82, 2.24) is 10.2 Å². The predicted molar refractivity (Wildman–Crippen MR) is 66.6 cm³/mol. The molecule has 7 heteroatoms. The summed E-state index contributed by atoms with van der Waals surface area (Å²) in [6.07, 6.45) is 0. The van der Waals surface area contributed by atoms with E-state index in [0.29, 0.717) is 0 Å². The fourth-order valence-corrected chi connectivity index (χ4v) is 2.94. The maximum absolute atomic E-state index is 11.6. The van der Waals surface area contributed by atoms with Crippen LogP contribution in [0.5, 0.6) is 0 Å². The van der Waals surface area contributed by atoms with E-state index in [-0.39, 0.29) is 24.1 Å². The van der Waals surface area contributed by atoms with Crippen molar-refractivity contribution < 1.29 is 13.2 Å². The molecule has 0 bridgehead atoms. The Balaban J connectivity index is 2.24. The minimum absolute atomic E-state index is 0.0256. The Hall–Kier alpha value is -0.430. The second-order valence-electron chi connectivity index (χ2n) is 3.57. The van der Waals surface area contributed by atoms with Crippen LogP contribution in [-0.4, -0.2) is 62.0 Å². The lowest BCUT2D eigenvalue weighted by atomic mass is 10.5. The third kappa shape index (κ3) is 4.61. The van der Waals surface area contributed by atoms with Crippen LogP contribution in [0.4, 0.5) is 4.79 Å². The number of carbonyl (C=O) groups excluding carboxylic acids is 1. The van der Waals surface area contributed by atoms with E-state index in [9.17, 15) is 13.2 Å². The summed E-state index contributed by atoms with van der Waals surface area (Å²) < 4.78 is 22.4. The summed E-state index contributed by atoms with van der Waals surface area (Å²) >= 11 is 1.83. The van der Waals surface area contributed by atoms with Crippen molar-refractivity contribution in [2.75, 3.05) is 42.6 Å². The van der Waals surface area contributed by atoms with Gasteiger partial charge in [0.15, 0.2) is 9.84 Å². The van der Waals surface area contributed by atoms with Crippen molar-refractivity contribution in [3.8, 4) is 0 Å². The topological polar surface area (TPSA) is 66.5 Å². The zero-order chi connectivity index (χ0) is 12.0. The molecule has 5 nitrogen and oxygen atoms in total. The second-order valence-corrected chi connectivity index (χ2v) is 7.27. The van der Waals surface area contributed by atoms with E-state index < -0.39 is 9.84 Å². The van der Waals surface area contributed by atoms with Crippen molar-refractivity contribution in [1.29, 1.82) is 0 Å². The summed E-state index contributed by atoms with van der Waals surface area (Å²) in [7, 11) is -2.98. The fourth-order valence-electron chi connectivity index (χ4n) is 1.34. The molecule has 1 fully saturated rings. The molecule has 0 unspecified atom stereocenters. The highest BCUT2D eigenvalue weighted by atomic mass is 32.2. The van der Waals surface area contributed by atoms with E-state index in [4.69, 9.17) is 0 Å². The van der Waals surface area contributed by atoms with E-state index in [1.165, 1.54) is 0 Å². The van der Waals surface area contributed by atoms with Crippen LogP contribution in [0.25, 0.3) is 0 Å². The Morgan fingerprint density at radius 3 is 2.56 bits per heavy atom.